The highest BCUT2D eigenvalue weighted by Crippen LogP contribution is 2.02. The predicted octanol–water partition coefficient (Wildman–Crippen LogP) is 1.15. The lowest BCUT2D eigenvalue weighted by Gasteiger charge is -2.05. The molecule has 0 saturated carbocycles. The van der Waals surface area contributed by atoms with E-state index in [0.717, 1.165) is 0 Å². The molecule has 0 spiro atoms. The smallest absolute Gasteiger partial charge is 0.138 e. The van der Waals surface area contributed by atoms with E-state index in [9.17, 15) is 4.79 Å². The maximum Gasteiger partial charge on any atom is 0.138 e. The number of carbonyl (C=O) groups is 1. The van der Waals surface area contributed by atoms with Gasteiger partial charge in [0.2, 0.25) is 0 Å². The zero-order chi connectivity index (χ0) is 8.15. The van der Waals surface area contributed by atoms with Gasteiger partial charge in [-0.3, -0.25) is 4.79 Å². The Hall–Kier alpha value is -0.630. The number of carbonyl (C=O) groups excluding carboxylic acids is 1. The van der Waals surface area contributed by atoms with E-state index in [1.165, 1.54) is 6.08 Å². The summed E-state index contributed by atoms with van der Waals surface area (Å²) in [6.45, 7) is 7.01. The zero-order valence-electron chi connectivity index (χ0n) is 6.50. The Bertz CT molecular complexity index is 127. The van der Waals surface area contributed by atoms with Gasteiger partial charge < -0.3 is 5.11 Å². The molecule has 0 unspecified atom stereocenters. The van der Waals surface area contributed by atoms with Crippen molar-refractivity contribution in [2.75, 3.05) is 0 Å². The average molecular weight is 142 g/mol. The Morgan fingerprint density at radius 1 is 1.70 bits per heavy atom. The lowest BCUT2D eigenvalue weighted by molar-refractivity contribution is -0.123. The Labute approximate surface area is 61.6 Å². The molecule has 0 aromatic rings. The summed E-state index contributed by atoms with van der Waals surface area (Å²) in [6, 6.07) is 0. The molecule has 2 nitrogen and oxygen atoms in total. The topological polar surface area (TPSA) is 37.3 Å². The average Bonchev–Trinajstić information content (AvgIpc) is 1.87. The van der Waals surface area contributed by atoms with E-state index in [1.54, 1.807) is 0 Å². The minimum Gasteiger partial charge on any atom is -0.389 e. The SMILES string of the molecule is C=C[C@@H](O)CC(=O)C(C)C. The largest absolute Gasteiger partial charge is 0.389 e. The van der Waals surface area contributed by atoms with Crippen molar-refractivity contribution < 1.29 is 9.90 Å². The number of aliphatic hydroxyl groups excluding tert-OH is 1. The van der Waals surface area contributed by atoms with Crippen LogP contribution in [0.5, 0.6) is 0 Å². The molecule has 0 amide bonds. The fourth-order valence-corrected chi connectivity index (χ4v) is 0.525. The molecule has 0 radical (unpaired) electrons. The third kappa shape index (κ3) is 3.41. The van der Waals surface area contributed by atoms with E-state index in [0.29, 0.717) is 0 Å². The van der Waals surface area contributed by atoms with E-state index in [4.69, 9.17) is 5.11 Å². The van der Waals surface area contributed by atoms with Crippen LogP contribution in [0.1, 0.15) is 20.3 Å². The third-order valence-corrected chi connectivity index (χ3v) is 1.33. The quantitative estimate of drug-likeness (QED) is 0.598. The molecule has 0 saturated heterocycles. The van der Waals surface area contributed by atoms with Crippen LogP contribution in [0.2, 0.25) is 0 Å². The van der Waals surface area contributed by atoms with Crippen molar-refractivity contribution in [1.29, 1.82) is 0 Å². The maximum absolute atomic E-state index is 10.9. The molecule has 2 heteroatoms. The van der Waals surface area contributed by atoms with Crippen molar-refractivity contribution in [1.82, 2.24) is 0 Å². The van der Waals surface area contributed by atoms with Gasteiger partial charge in [-0.2, -0.15) is 0 Å². The molecule has 1 N–H and O–H groups in total. The van der Waals surface area contributed by atoms with Gasteiger partial charge in [-0.15, -0.1) is 6.58 Å². The van der Waals surface area contributed by atoms with Gasteiger partial charge in [0.1, 0.15) is 5.78 Å². The predicted molar refractivity (Wildman–Crippen MR) is 40.7 cm³/mol. The molecule has 0 aromatic heterocycles. The van der Waals surface area contributed by atoms with Gasteiger partial charge in [0.15, 0.2) is 0 Å². The monoisotopic (exact) mass is 142 g/mol. The summed E-state index contributed by atoms with van der Waals surface area (Å²) in [5.74, 6) is 0.0852. The zero-order valence-corrected chi connectivity index (χ0v) is 6.50. The maximum atomic E-state index is 10.9. The van der Waals surface area contributed by atoms with Crippen molar-refractivity contribution in [3.8, 4) is 0 Å². The Kier molecular flexibility index (Phi) is 3.96. The molecule has 0 rings (SSSR count). The second-order valence-electron chi connectivity index (χ2n) is 2.63. The van der Waals surface area contributed by atoms with Crippen LogP contribution in [0.4, 0.5) is 0 Å². The van der Waals surface area contributed by atoms with Crippen LogP contribution in [0.15, 0.2) is 12.7 Å². The highest BCUT2D eigenvalue weighted by molar-refractivity contribution is 5.80. The number of rotatable bonds is 4. The molecule has 0 aliphatic rings. The van der Waals surface area contributed by atoms with Crippen LogP contribution in [0.3, 0.4) is 0 Å². The first kappa shape index (κ1) is 9.37. The van der Waals surface area contributed by atoms with E-state index in [1.807, 2.05) is 13.8 Å². The van der Waals surface area contributed by atoms with Crippen molar-refractivity contribution in [3.05, 3.63) is 12.7 Å². The number of Topliss-reactive ketones (excluding diaryl/α,β-unsaturated/α-hetero) is 1. The molecule has 0 aliphatic heterocycles. The van der Waals surface area contributed by atoms with Gasteiger partial charge >= 0.3 is 0 Å². The van der Waals surface area contributed by atoms with Gasteiger partial charge in [0.25, 0.3) is 0 Å². The first-order valence-corrected chi connectivity index (χ1v) is 3.41. The molecule has 58 valence electrons. The summed E-state index contributed by atoms with van der Waals surface area (Å²) < 4.78 is 0. The van der Waals surface area contributed by atoms with Crippen molar-refractivity contribution >= 4 is 5.78 Å². The van der Waals surface area contributed by atoms with Crippen molar-refractivity contribution in [2.24, 2.45) is 5.92 Å². The highest BCUT2D eigenvalue weighted by Gasteiger charge is 2.10. The summed E-state index contributed by atoms with van der Waals surface area (Å²) >= 11 is 0. The summed E-state index contributed by atoms with van der Waals surface area (Å²) in [6.07, 6.45) is 0.899. The molecule has 0 aliphatic carbocycles. The lowest BCUT2D eigenvalue weighted by atomic mass is 10.0. The first-order valence-electron chi connectivity index (χ1n) is 3.41. The van der Waals surface area contributed by atoms with E-state index in [2.05, 4.69) is 6.58 Å². The number of hydrogen-bond acceptors (Lipinski definition) is 2. The van der Waals surface area contributed by atoms with Gasteiger partial charge in [0, 0.05) is 12.3 Å². The molecule has 1 atom stereocenters. The second kappa shape index (κ2) is 4.23. The van der Waals surface area contributed by atoms with Gasteiger partial charge in [-0.05, 0) is 0 Å². The number of aliphatic hydroxyl groups is 1. The van der Waals surface area contributed by atoms with Crippen LogP contribution >= 0.6 is 0 Å². The molecule has 10 heavy (non-hydrogen) atoms. The summed E-state index contributed by atoms with van der Waals surface area (Å²) in [4.78, 5) is 10.9. The highest BCUT2D eigenvalue weighted by atomic mass is 16.3. The number of ketones is 1. The normalized spacial score (nSPS) is 13.2. The molecule has 0 aromatic carbocycles. The Balaban J connectivity index is 3.68. The molecule has 0 bridgehead atoms. The van der Waals surface area contributed by atoms with Crippen molar-refractivity contribution in [2.45, 2.75) is 26.4 Å². The Morgan fingerprint density at radius 2 is 2.20 bits per heavy atom. The lowest BCUT2D eigenvalue weighted by Crippen LogP contribution is -2.14. The van der Waals surface area contributed by atoms with E-state index in [-0.39, 0.29) is 18.1 Å². The van der Waals surface area contributed by atoms with Crippen LogP contribution in [0.25, 0.3) is 0 Å². The minimum atomic E-state index is -0.671. The fourth-order valence-electron chi connectivity index (χ4n) is 0.525. The molecule has 0 fully saturated rings. The van der Waals surface area contributed by atoms with Gasteiger partial charge in [-0.1, -0.05) is 19.9 Å². The van der Waals surface area contributed by atoms with E-state index >= 15 is 0 Å². The number of hydrogen-bond donors (Lipinski definition) is 1. The summed E-state index contributed by atoms with van der Waals surface area (Å²) in [5.41, 5.74) is 0. The van der Waals surface area contributed by atoms with Crippen LogP contribution < -0.4 is 0 Å². The fraction of sp³-hybridized carbons (Fsp3) is 0.625. The van der Waals surface area contributed by atoms with Crippen LogP contribution in [-0.2, 0) is 4.79 Å². The minimum absolute atomic E-state index is 0.00889. The summed E-state index contributed by atoms with van der Waals surface area (Å²) in [5, 5.41) is 8.94. The van der Waals surface area contributed by atoms with Crippen molar-refractivity contribution in [3.63, 3.8) is 0 Å². The first-order chi connectivity index (χ1) is 4.57. The Morgan fingerprint density at radius 3 is 2.50 bits per heavy atom. The molecular formula is C8H14O2. The summed E-state index contributed by atoms with van der Waals surface area (Å²) in [7, 11) is 0. The standard InChI is InChI=1S/C8H14O2/c1-4-7(9)5-8(10)6(2)3/h4,6-7,9H,1,5H2,2-3H3/t7-/m1/s1. The van der Waals surface area contributed by atoms with Gasteiger partial charge in [-0.25, -0.2) is 0 Å². The van der Waals surface area contributed by atoms with Crippen LogP contribution in [0, 0.1) is 5.92 Å². The molecule has 0 heterocycles. The molecular weight excluding hydrogens is 128 g/mol. The third-order valence-electron chi connectivity index (χ3n) is 1.33. The van der Waals surface area contributed by atoms with Crippen LogP contribution in [-0.4, -0.2) is 17.0 Å². The van der Waals surface area contributed by atoms with E-state index < -0.39 is 6.10 Å². The van der Waals surface area contributed by atoms with Gasteiger partial charge in [0.05, 0.1) is 6.10 Å². The second-order valence-corrected chi connectivity index (χ2v) is 2.63.